The van der Waals surface area contributed by atoms with Crippen molar-refractivity contribution in [1.29, 1.82) is 0 Å². The fourth-order valence-electron chi connectivity index (χ4n) is 4.38. The first kappa shape index (κ1) is 21.3. The highest BCUT2D eigenvalue weighted by Gasteiger charge is 2.41. The van der Waals surface area contributed by atoms with E-state index in [1.54, 1.807) is 0 Å². The van der Waals surface area contributed by atoms with Gasteiger partial charge in [-0.3, -0.25) is 9.78 Å². The topological polar surface area (TPSA) is 59.4 Å². The Kier molecular flexibility index (Phi) is 6.57. The van der Waals surface area contributed by atoms with E-state index in [4.69, 9.17) is 17.0 Å². The molecule has 2 aromatic rings. The first-order chi connectivity index (χ1) is 13.8. The lowest BCUT2D eigenvalue weighted by Gasteiger charge is -2.28. The molecule has 6 nitrogen and oxygen atoms in total. The van der Waals surface area contributed by atoms with Gasteiger partial charge in [-0.1, -0.05) is 6.07 Å². The third kappa shape index (κ3) is 4.29. The summed E-state index contributed by atoms with van der Waals surface area (Å²) in [4.78, 5) is 18.4. The molecule has 1 saturated heterocycles. The highest BCUT2D eigenvalue weighted by molar-refractivity contribution is 7.80. The first-order valence-electron chi connectivity index (χ1n) is 10.1. The van der Waals surface area contributed by atoms with Gasteiger partial charge in [-0.25, -0.2) is 0 Å². The number of hydrogen-bond donors (Lipinski definition) is 1. The minimum Gasteiger partial charge on any atom is -0.469 e. The fraction of sp³-hybridized carbons (Fsp3) is 0.500. The highest BCUT2D eigenvalue weighted by atomic mass is 32.1. The maximum atomic E-state index is 11.6. The van der Waals surface area contributed by atoms with Crippen LogP contribution in [0, 0.1) is 13.8 Å². The third-order valence-corrected chi connectivity index (χ3v) is 5.92. The molecule has 1 aliphatic rings. The molecule has 0 unspecified atom stereocenters. The average molecular weight is 415 g/mol. The van der Waals surface area contributed by atoms with Gasteiger partial charge < -0.3 is 19.5 Å². The van der Waals surface area contributed by atoms with Crippen LogP contribution in [0.15, 0.2) is 30.5 Å². The largest absolute Gasteiger partial charge is 0.469 e. The second-order valence-corrected chi connectivity index (χ2v) is 8.18. The number of pyridine rings is 1. The van der Waals surface area contributed by atoms with Crippen LogP contribution < -0.4 is 5.32 Å². The number of hydrogen-bond acceptors (Lipinski definition) is 4. The summed E-state index contributed by atoms with van der Waals surface area (Å²) in [5, 5.41) is 4.17. The van der Waals surface area contributed by atoms with Crippen molar-refractivity contribution >= 4 is 23.3 Å². The van der Waals surface area contributed by atoms with Crippen molar-refractivity contribution in [1.82, 2.24) is 19.8 Å². The molecule has 156 valence electrons. The summed E-state index contributed by atoms with van der Waals surface area (Å²) in [5.74, 6) is -0.195. The number of thiocarbonyl (C=S) groups is 1. The molecular weight excluding hydrogens is 384 g/mol. The number of ether oxygens (including phenoxy) is 1. The van der Waals surface area contributed by atoms with Crippen LogP contribution in [-0.2, 0) is 9.53 Å². The summed E-state index contributed by atoms with van der Waals surface area (Å²) in [5.41, 5.74) is 4.69. The van der Waals surface area contributed by atoms with Crippen LogP contribution in [0.5, 0.6) is 0 Å². The van der Waals surface area contributed by atoms with Gasteiger partial charge in [0, 0.05) is 36.6 Å². The Balaban J connectivity index is 1.99. The van der Waals surface area contributed by atoms with E-state index in [0.29, 0.717) is 30.5 Å². The summed E-state index contributed by atoms with van der Waals surface area (Å²) < 4.78 is 7.15. The Labute approximate surface area is 178 Å². The van der Waals surface area contributed by atoms with Crippen LogP contribution in [0.2, 0.25) is 0 Å². The standard InChI is InChI=1S/C22H30N4O2S/c1-14(2)26-15(3)13-17(16(26)4)21-20(18-9-6-7-11-23-18)24-22(29)25(21)12-8-10-19(27)28-5/h6-7,9,11,13-14,20-21H,8,10,12H2,1-5H3,(H,24,29)/t20-,21-/m0/s1. The maximum Gasteiger partial charge on any atom is 0.305 e. The maximum absolute atomic E-state index is 11.6. The molecule has 0 saturated carbocycles. The molecule has 0 aromatic carbocycles. The van der Waals surface area contributed by atoms with E-state index in [0.717, 1.165) is 5.69 Å². The summed E-state index contributed by atoms with van der Waals surface area (Å²) in [6.45, 7) is 9.40. The van der Waals surface area contributed by atoms with E-state index in [1.165, 1.54) is 24.1 Å². The van der Waals surface area contributed by atoms with Gasteiger partial charge in [0.2, 0.25) is 0 Å². The molecule has 0 aliphatic carbocycles. The van der Waals surface area contributed by atoms with E-state index in [9.17, 15) is 4.79 Å². The molecule has 0 amide bonds. The van der Waals surface area contributed by atoms with Crippen molar-refractivity contribution < 1.29 is 9.53 Å². The molecule has 1 fully saturated rings. The molecule has 3 rings (SSSR count). The van der Waals surface area contributed by atoms with Gasteiger partial charge in [-0.05, 0) is 70.1 Å². The van der Waals surface area contributed by atoms with Gasteiger partial charge in [0.15, 0.2) is 5.11 Å². The minimum absolute atomic E-state index is 0.0220. The molecule has 1 N–H and O–H groups in total. The second-order valence-electron chi connectivity index (χ2n) is 7.79. The van der Waals surface area contributed by atoms with Crippen LogP contribution >= 0.6 is 12.2 Å². The van der Waals surface area contributed by atoms with Crippen LogP contribution in [0.1, 0.15) is 67.5 Å². The van der Waals surface area contributed by atoms with Gasteiger partial charge in [0.05, 0.1) is 24.9 Å². The summed E-state index contributed by atoms with van der Waals surface area (Å²) in [6, 6.07) is 8.58. The third-order valence-electron chi connectivity index (χ3n) is 5.56. The van der Waals surface area contributed by atoms with Crippen LogP contribution in [0.4, 0.5) is 0 Å². The second kappa shape index (κ2) is 8.95. The Morgan fingerprint density at radius 2 is 2.10 bits per heavy atom. The molecule has 2 atom stereocenters. The monoisotopic (exact) mass is 414 g/mol. The molecule has 1 aliphatic heterocycles. The molecule has 3 heterocycles. The summed E-state index contributed by atoms with van der Waals surface area (Å²) in [6.07, 6.45) is 2.87. The van der Waals surface area contributed by atoms with Crippen molar-refractivity contribution in [2.75, 3.05) is 13.7 Å². The van der Waals surface area contributed by atoms with Crippen LogP contribution in [0.25, 0.3) is 0 Å². The normalized spacial score (nSPS) is 19.0. The van der Waals surface area contributed by atoms with Crippen LogP contribution in [0.3, 0.4) is 0 Å². The van der Waals surface area contributed by atoms with Crippen molar-refractivity contribution in [3.05, 3.63) is 53.1 Å². The zero-order chi connectivity index (χ0) is 21.1. The number of nitrogens with one attached hydrogen (secondary N) is 1. The lowest BCUT2D eigenvalue weighted by molar-refractivity contribution is -0.140. The first-order valence-corrected chi connectivity index (χ1v) is 10.5. The zero-order valence-corrected chi connectivity index (χ0v) is 18.6. The molecule has 2 aromatic heterocycles. The molecule has 7 heteroatoms. The number of aryl methyl sites for hydroxylation is 1. The number of rotatable bonds is 7. The van der Waals surface area contributed by atoms with Crippen LogP contribution in [-0.4, -0.2) is 39.2 Å². The zero-order valence-electron chi connectivity index (χ0n) is 17.8. The average Bonchev–Trinajstić information content (AvgIpc) is 3.18. The van der Waals surface area contributed by atoms with Crippen molar-refractivity contribution in [2.45, 2.75) is 58.7 Å². The Morgan fingerprint density at radius 3 is 2.69 bits per heavy atom. The van der Waals surface area contributed by atoms with Crippen molar-refractivity contribution in [2.24, 2.45) is 0 Å². The number of esters is 1. The quantitative estimate of drug-likeness (QED) is 0.546. The Bertz CT molecular complexity index is 878. The van der Waals surface area contributed by atoms with Crippen molar-refractivity contribution in [3.63, 3.8) is 0 Å². The van der Waals surface area contributed by atoms with E-state index < -0.39 is 0 Å². The Hall–Kier alpha value is -2.41. The highest BCUT2D eigenvalue weighted by Crippen LogP contribution is 2.41. The van der Waals surface area contributed by atoms with E-state index in [-0.39, 0.29) is 18.1 Å². The summed E-state index contributed by atoms with van der Waals surface area (Å²) in [7, 11) is 1.42. The van der Waals surface area contributed by atoms with Gasteiger partial charge in [-0.2, -0.15) is 0 Å². The fourth-order valence-corrected chi connectivity index (χ4v) is 4.71. The smallest absolute Gasteiger partial charge is 0.305 e. The van der Waals surface area contributed by atoms with Gasteiger partial charge in [0.25, 0.3) is 0 Å². The molecular formula is C22H30N4O2S. The minimum atomic E-state index is -0.195. The van der Waals surface area contributed by atoms with E-state index >= 15 is 0 Å². The van der Waals surface area contributed by atoms with E-state index in [1.807, 2.05) is 24.4 Å². The number of methoxy groups -OCH3 is 1. The van der Waals surface area contributed by atoms with Gasteiger partial charge in [-0.15, -0.1) is 0 Å². The molecule has 29 heavy (non-hydrogen) atoms. The number of carbonyl (C=O) groups is 1. The molecule has 0 spiro atoms. The predicted octanol–water partition coefficient (Wildman–Crippen LogP) is 4.01. The van der Waals surface area contributed by atoms with Crippen molar-refractivity contribution in [3.8, 4) is 0 Å². The Morgan fingerprint density at radius 1 is 1.34 bits per heavy atom. The van der Waals surface area contributed by atoms with Gasteiger partial charge >= 0.3 is 5.97 Å². The number of nitrogens with zero attached hydrogens (tertiary/aromatic N) is 3. The molecule has 0 bridgehead atoms. The lowest BCUT2D eigenvalue weighted by atomic mass is 9.96. The number of aromatic nitrogens is 2. The lowest BCUT2D eigenvalue weighted by Crippen LogP contribution is -2.31. The van der Waals surface area contributed by atoms with E-state index in [2.05, 4.69) is 53.5 Å². The number of carbonyl (C=O) groups excluding carboxylic acids is 1. The van der Waals surface area contributed by atoms with Gasteiger partial charge in [0.1, 0.15) is 0 Å². The SMILES string of the molecule is COC(=O)CCCN1C(=S)N[C@@H](c2ccccn2)[C@@H]1c1cc(C)n(C(C)C)c1C. The predicted molar refractivity (Wildman–Crippen MR) is 118 cm³/mol. The molecule has 0 radical (unpaired) electrons. The summed E-state index contributed by atoms with van der Waals surface area (Å²) >= 11 is 5.70.